The molecule has 1 fully saturated rings. The SMILES string of the molecule is Cl.O=C(O)CCN1CCOC(c2ccc(Oc3ccccc3OC(F)(F)F)cc2)C1. The quantitative estimate of drug-likeness (QED) is 0.666. The minimum absolute atomic E-state index is 0. The molecular weight excluding hydrogens is 427 g/mol. The van der Waals surface area contributed by atoms with Crippen LogP contribution in [0.2, 0.25) is 0 Å². The highest BCUT2D eigenvalue weighted by Crippen LogP contribution is 2.35. The maximum absolute atomic E-state index is 12.5. The molecule has 30 heavy (non-hydrogen) atoms. The molecule has 0 aliphatic carbocycles. The van der Waals surface area contributed by atoms with Crippen molar-refractivity contribution in [3.05, 3.63) is 54.1 Å². The normalized spacial score (nSPS) is 17.1. The Hall–Kier alpha value is -2.49. The summed E-state index contributed by atoms with van der Waals surface area (Å²) in [5.74, 6) is -0.963. The van der Waals surface area contributed by atoms with Crippen molar-refractivity contribution in [2.45, 2.75) is 18.9 Å². The first-order valence-corrected chi connectivity index (χ1v) is 8.98. The largest absolute Gasteiger partial charge is 0.573 e. The number of hydrogen-bond acceptors (Lipinski definition) is 5. The number of carbonyl (C=O) groups is 1. The van der Waals surface area contributed by atoms with Gasteiger partial charge in [-0.2, -0.15) is 0 Å². The fraction of sp³-hybridized carbons (Fsp3) is 0.350. The number of alkyl halides is 3. The van der Waals surface area contributed by atoms with Crippen molar-refractivity contribution in [3.63, 3.8) is 0 Å². The van der Waals surface area contributed by atoms with E-state index in [9.17, 15) is 18.0 Å². The molecule has 1 N–H and O–H groups in total. The van der Waals surface area contributed by atoms with Crippen molar-refractivity contribution in [1.82, 2.24) is 4.90 Å². The summed E-state index contributed by atoms with van der Waals surface area (Å²) in [6, 6.07) is 12.4. The summed E-state index contributed by atoms with van der Waals surface area (Å²) < 4.78 is 52.8. The fourth-order valence-electron chi connectivity index (χ4n) is 2.98. The van der Waals surface area contributed by atoms with Gasteiger partial charge in [0.05, 0.1) is 19.1 Å². The van der Waals surface area contributed by atoms with Crippen molar-refractivity contribution in [2.24, 2.45) is 0 Å². The molecule has 1 aliphatic rings. The molecule has 0 spiro atoms. The van der Waals surface area contributed by atoms with E-state index < -0.39 is 18.1 Å². The molecule has 1 saturated heterocycles. The third-order valence-corrected chi connectivity index (χ3v) is 4.35. The lowest BCUT2D eigenvalue weighted by atomic mass is 10.1. The van der Waals surface area contributed by atoms with Crippen LogP contribution in [0.4, 0.5) is 13.2 Å². The van der Waals surface area contributed by atoms with Gasteiger partial charge in [0.25, 0.3) is 0 Å². The Morgan fingerprint density at radius 1 is 1.13 bits per heavy atom. The van der Waals surface area contributed by atoms with Gasteiger partial charge in [0.15, 0.2) is 11.5 Å². The number of halogens is 4. The molecule has 1 aliphatic heterocycles. The Morgan fingerprint density at radius 3 is 2.43 bits per heavy atom. The molecular formula is C20H21ClF3NO5. The van der Waals surface area contributed by atoms with E-state index in [0.29, 0.717) is 32.0 Å². The van der Waals surface area contributed by atoms with Gasteiger partial charge < -0.3 is 19.3 Å². The second-order valence-corrected chi connectivity index (χ2v) is 6.47. The van der Waals surface area contributed by atoms with Gasteiger partial charge in [0, 0.05) is 19.6 Å². The molecule has 1 unspecified atom stereocenters. The van der Waals surface area contributed by atoms with Gasteiger partial charge in [-0.05, 0) is 29.8 Å². The predicted octanol–water partition coefficient (Wildman–Crippen LogP) is 4.65. The molecule has 10 heteroatoms. The molecule has 0 saturated carbocycles. The van der Waals surface area contributed by atoms with E-state index in [1.54, 1.807) is 30.3 Å². The second kappa shape index (κ2) is 10.5. The van der Waals surface area contributed by atoms with Crippen LogP contribution in [0.1, 0.15) is 18.1 Å². The highest BCUT2D eigenvalue weighted by molar-refractivity contribution is 5.85. The van der Waals surface area contributed by atoms with Gasteiger partial charge in [-0.15, -0.1) is 25.6 Å². The monoisotopic (exact) mass is 447 g/mol. The number of carboxylic acid groups (broad SMARTS) is 1. The number of rotatable bonds is 7. The summed E-state index contributed by atoms with van der Waals surface area (Å²) in [6.07, 6.45) is -4.96. The summed E-state index contributed by atoms with van der Waals surface area (Å²) in [4.78, 5) is 12.8. The van der Waals surface area contributed by atoms with Gasteiger partial charge >= 0.3 is 12.3 Å². The lowest BCUT2D eigenvalue weighted by Gasteiger charge is -2.32. The lowest BCUT2D eigenvalue weighted by molar-refractivity contribution is -0.275. The minimum atomic E-state index is -4.81. The van der Waals surface area contributed by atoms with E-state index in [1.165, 1.54) is 18.2 Å². The number of nitrogens with zero attached hydrogens (tertiary/aromatic N) is 1. The van der Waals surface area contributed by atoms with Gasteiger partial charge in [0.2, 0.25) is 0 Å². The lowest BCUT2D eigenvalue weighted by Crippen LogP contribution is -2.39. The van der Waals surface area contributed by atoms with E-state index in [-0.39, 0.29) is 30.7 Å². The van der Waals surface area contributed by atoms with Crippen LogP contribution in [0, 0.1) is 0 Å². The minimum Gasteiger partial charge on any atom is -0.481 e. The molecule has 0 bridgehead atoms. The van der Waals surface area contributed by atoms with Crippen LogP contribution in [0.5, 0.6) is 17.2 Å². The summed E-state index contributed by atoms with van der Waals surface area (Å²) in [5, 5.41) is 8.82. The Bertz CT molecular complexity index is 832. The summed E-state index contributed by atoms with van der Waals surface area (Å²) >= 11 is 0. The molecule has 0 amide bonds. The Kier molecular flexibility index (Phi) is 8.33. The second-order valence-electron chi connectivity index (χ2n) is 6.47. The third-order valence-electron chi connectivity index (χ3n) is 4.35. The molecule has 0 radical (unpaired) electrons. The topological polar surface area (TPSA) is 68.2 Å². The van der Waals surface area contributed by atoms with E-state index in [0.717, 1.165) is 5.56 Å². The van der Waals surface area contributed by atoms with Gasteiger partial charge in [-0.3, -0.25) is 9.69 Å². The van der Waals surface area contributed by atoms with Gasteiger partial charge in [-0.25, -0.2) is 0 Å². The molecule has 6 nitrogen and oxygen atoms in total. The fourth-order valence-corrected chi connectivity index (χ4v) is 2.98. The number of ether oxygens (including phenoxy) is 3. The molecule has 1 heterocycles. The Labute approximate surface area is 177 Å². The van der Waals surface area contributed by atoms with E-state index in [1.807, 2.05) is 4.90 Å². The average molecular weight is 448 g/mol. The predicted molar refractivity (Wildman–Crippen MR) is 104 cm³/mol. The van der Waals surface area contributed by atoms with E-state index in [4.69, 9.17) is 14.6 Å². The summed E-state index contributed by atoms with van der Waals surface area (Å²) in [6.45, 7) is 2.17. The molecule has 1 atom stereocenters. The highest BCUT2D eigenvalue weighted by Gasteiger charge is 2.32. The van der Waals surface area contributed by atoms with Crippen molar-refractivity contribution >= 4 is 18.4 Å². The zero-order valence-corrected chi connectivity index (χ0v) is 16.6. The zero-order chi connectivity index (χ0) is 20.9. The van der Waals surface area contributed by atoms with Crippen molar-refractivity contribution in [2.75, 3.05) is 26.2 Å². The van der Waals surface area contributed by atoms with Crippen LogP contribution in [0.15, 0.2) is 48.5 Å². The van der Waals surface area contributed by atoms with E-state index >= 15 is 0 Å². The van der Waals surface area contributed by atoms with Crippen LogP contribution in [-0.4, -0.2) is 48.6 Å². The highest BCUT2D eigenvalue weighted by atomic mass is 35.5. The molecule has 2 aromatic carbocycles. The first kappa shape index (κ1) is 23.8. The Morgan fingerprint density at radius 2 is 1.80 bits per heavy atom. The maximum atomic E-state index is 12.5. The van der Waals surface area contributed by atoms with E-state index in [2.05, 4.69) is 4.74 Å². The number of morpholine rings is 1. The van der Waals surface area contributed by atoms with Crippen LogP contribution in [0.25, 0.3) is 0 Å². The smallest absolute Gasteiger partial charge is 0.481 e. The molecule has 164 valence electrons. The van der Waals surface area contributed by atoms with Crippen LogP contribution in [0.3, 0.4) is 0 Å². The van der Waals surface area contributed by atoms with Crippen molar-refractivity contribution in [3.8, 4) is 17.2 Å². The number of carboxylic acids is 1. The van der Waals surface area contributed by atoms with Crippen LogP contribution in [-0.2, 0) is 9.53 Å². The molecule has 2 aromatic rings. The number of para-hydroxylation sites is 2. The number of hydrogen-bond donors (Lipinski definition) is 1. The standard InChI is InChI=1S/C20H20F3NO5.ClH/c21-20(22,23)29-17-4-2-1-3-16(17)28-15-7-5-14(6-8-15)18-13-24(11-12-27-18)10-9-19(25)26;/h1-8,18H,9-13H2,(H,25,26);1H. The summed E-state index contributed by atoms with van der Waals surface area (Å²) in [5.41, 5.74) is 0.872. The zero-order valence-electron chi connectivity index (χ0n) is 15.8. The maximum Gasteiger partial charge on any atom is 0.573 e. The molecule has 0 aromatic heterocycles. The van der Waals surface area contributed by atoms with Crippen LogP contribution < -0.4 is 9.47 Å². The van der Waals surface area contributed by atoms with Gasteiger partial charge in [-0.1, -0.05) is 24.3 Å². The third kappa shape index (κ3) is 7.08. The Balaban J connectivity index is 0.00000320. The van der Waals surface area contributed by atoms with Crippen molar-refractivity contribution < 1.29 is 37.3 Å². The molecule has 3 rings (SSSR count). The summed E-state index contributed by atoms with van der Waals surface area (Å²) in [7, 11) is 0. The first-order valence-electron chi connectivity index (χ1n) is 8.98. The van der Waals surface area contributed by atoms with Crippen molar-refractivity contribution in [1.29, 1.82) is 0 Å². The van der Waals surface area contributed by atoms with Crippen LogP contribution >= 0.6 is 12.4 Å². The van der Waals surface area contributed by atoms with Gasteiger partial charge in [0.1, 0.15) is 5.75 Å². The average Bonchev–Trinajstić information content (AvgIpc) is 2.68. The number of aliphatic carboxylic acids is 1. The number of benzene rings is 2. The first-order chi connectivity index (χ1) is 13.8.